The van der Waals surface area contributed by atoms with Crippen molar-refractivity contribution in [1.82, 2.24) is 0 Å². The number of alkyl halides is 3. The van der Waals surface area contributed by atoms with Crippen molar-refractivity contribution in [2.45, 2.75) is 50.7 Å². The number of nitrogens with two attached hydrogens (primary N) is 1. The third-order valence-electron chi connectivity index (χ3n) is 3.98. The van der Waals surface area contributed by atoms with Gasteiger partial charge in [0.25, 0.3) is 0 Å². The Bertz CT molecular complexity index is 214. The van der Waals surface area contributed by atoms with Crippen molar-refractivity contribution in [3.63, 3.8) is 0 Å². The lowest BCUT2D eigenvalue weighted by Crippen LogP contribution is -2.26. The summed E-state index contributed by atoms with van der Waals surface area (Å²) in [6, 6.07) is -0.222. The van der Waals surface area contributed by atoms with Gasteiger partial charge in [-0.15, -0.1) is 0 Å². The van der Waals surface area contributed by atoms with Crippen LogP contribution in [-0.2, 0) is 0 Å². The summed E-state index contributed by atoms with van der Waals surface area (Å²) in [7, 11) is 0. The Labute approximate surface area is 88.2 Å². The Morgan fingerprint density at radius 3 is 2.13 bits per heavy atom. The monoisotopic (exact) mass is 221 g/mol. The van der Waals surface area contributed by atoms with Crippen LogP contribution in [0.4, 0.5) is 13.2 Å². The second-order valence-corrected chi connectivity index (χ2v) is 5.01. The molecule has 0 heterocycles. The first-order valence-corrected chi connectivity index (χ1v) is 5.81. The van der Waals surface area contributed by atoms with E-state index in [4.69, 9.17) is 5.73 Å². The average Bonchev–Trinajstić information content (AvgIpc) is 2.87. The van der Waals surface area contributed by atoms with Gasteiger partial charge in [0.15, 0.2) is 0 Å². The van der Waals surface area contributed by atoms with Gasteiger partial charge in [0.2, 0.25) is 0 Å². The molecule has 0 aromatic rings. The molecule has 2 aliphatic rings. The maximum atomic E-state index is 12.0. The van der Waals surface area contributed by atoms with Crippen molar-refractivity contribution in [3.8, 4) is 0 Å². The predicted octanol–water partition coefficient (Wildman–Crippen LogP) is 3.09. The van der Waals surface area contributed by atoms with Crippen molar-refractivity contribution in [2.75, 3.05) is 0 Å². The molecule has 0 aliphatic heterocycles. The number of halogens is 3. The van der Waals surface area contributed by atoms with Crippen LogP contribution >= 0.6 is 0 Å². The molecule has 1 nitrogen and oxygen atoms in total. The van der Waals surface area contributed by atoms with Crippen LogP contribution in [0.1, 0.15) is 38.5 Å². The second-order valence-electron chi connectivity index (χ2n) is 5.01. The van der Waals surface area contributed by atoms with Crippen molar-refractivity contribution < 1.29 is 13.2 Å². The molecule has 2 N–H and O–H groups in total. The van der Waals surface area contributed by atoms with E-state index in [9.17, 15) is 13.2 Å². The molecule has 0 amide bonds. The third kappa shape index (κ3) is 2.65. The Morgan fingerprint density at radius 1 is 1.13 bits per heavy atom. The fourth-order valence-electron chi connectivity index (χ4n) is 3.21. The summed E-state index contributed by atoms with van der Waals surface area (Å²) in [4.78, 5) is 0. The molecule has 2 saturated carbocycles. The van der Waals surface area contributed by atoms with Crippen LogP contribution in [0.3, 0.4) is 0 Å². The average molecular weight is 221 g/mol. The smallest absolute Gasteiger partial charge is 0.327 e. The SMILES string of the molecule is NC(CCC(F)(F)F)C1C2CCCCC21. The maximum Gasteiger partial charge on any atom is 0.389 e. The highest BCUT2D eigenvalue weighted by Gasteiger charge is 2.53. The first kappa shape index (κ1) is 11.2. The fraction of sp³-hybridized carbons (Fsp3) is 1.00. The van der Waals surface area contributed by atoms with Crippen LogP contribution in [0, 0.1) is 17.8 Å². The van der Waals surface area contributed by atoms with Crippen LogP contribution < -0.4 is 5.73 Å². The van der Waals surface area contributed by atoms with Gasteiger partial charge in [-0.3, -0.25) is 0 Å². The molecule has 0 saturated heterocycles. The predicted molar refractivity (Wildman–Crippen MR) is 52.2 cm³/mol. The standard InChI is InChI=1S/C11H18F3N/c12-11(13,14)6-5-9(15)10-7-3-1-2-4-8(7)10/h7-10H,1-6,15H2. The molecule has 0 bridgehead atoms. The quantitative estimate of drug-likeness (QED) is 0.778. The molecule has 0 radical (unpaired) electrons. The van der Waals surface area contributed by atoms with Crippen LogP contribution in [0.5, 0.6) is 0 Å². The van der Waals surface area contributed by atoms with Gasteiger partial charge in [-0.1, -0.05) is 12.8 Å². The zero-order valence-corrected chi connectivity index (χ0v) is 8.76. The lowest BCUT2D eigenvalue weighted by atomic mass is 10.0. The largest absolute Gasteiger partial charge is 0.389 e. The minimum absolute atomic E-state index is 0.112. The van der Waals surface area contributed by atoms with Crippen molar-refractivity contribution in [3.05, 3.63) is 0 Å². The molecule has 88 valence electrons. The van der Waals surface area contributed by atoms with Crippen LogP contribution in [0.2, 0.25) is 0 Å². The molecule has 0 spiro atoms. The summed E-state index contributed by atoms with van der Waals surface area (Å²) in [6.45, 7) is 0. The van der Waals surface area contributed by atoms with Gasteiger partial charge >= 0.3 is 6.18 Å². The molecular formula is C11H18F3N. The van der Waals surface area contributed by atoms with E-state index in [2.05, 4.69) is 0 Å². The number of rotatable bonds is 3. The number of hydrogen-bond donors (Lipinski definition) is 1. The van der Waals surface area contributed by atoms with E-state index in [1.807, 2.05) is 0 Å². The Morgan fingerprint density at radius 2 is 1.67 bits per heavy atom. The minimum atomic E-state index is -4.04. The van der Waals surface area contributed by atoms with Gasteiger partial charge < -0.3 is 5.73 Å². The highest BCUT2D eigenvalue weighted by atomic mass is 19.4. The Hall–Kier alpha value is -0.250. The summed E-state index contributed by atoms with van der Waals surface area (Å²) in [6.07, 6.45) is 0.209. The minimum Gasteiger partial charge on any atom is -0.327 e. The van der Waals surface area contributed by atoms with Gasteiger partial charge in [0, 0.05) is 12.5 Å². The molecule has 15 heavy (non-hydrogen) atoms. The highest BCUT2D eigenvalue weighted by Crippen LogP contribution is 2.57. The van der Waals surface area contributed by atoms with E-state index in [1.165, 1.54) is 25.7 Å². The normalized spacial score (nSPS) is 37.2. The van der Waals surface area contributed by atoms with Crippen LogP contribution in [0.15, 0.2) is 0 Å². The van der Waals surface area contributed by atoms with Crippen molar-refractivity contribution >= 4 is 0 Å². The maximum absolute atomic E-state index is 12.0. The van der Waals surface area contributed by atoms with Crippen LogP contribution in [-0.4, -0.2) is 12.2 Å². The van der Waals surface area contributed by atoms with E-state index in [0.29, 0.717) is 17.8 Å². The van der Waals surface area contributed by atoms with E-state index in [0.717, 1.165) is 0 Å². The van der Waals surface area contributed by atoms with E-state index < -0.39 is 12.6 Å². The summed E-state index contributed by atoms with van der Waals surface area (Å²) in [5.41, 5.74) is 5.85. The summed E-state index contributed by atoms with van der Waals surface area (Å²) in [5.74, 6) is 1.71. The zero-order chi connectivity index (χ0) is 11.1. The summed E-state index contributed by atoms with van der Waals surface area (Å²) in [5, 5.41) is 0. The van der Waals surface area contributed by atoms with E-state index >= 15 is 0 Å². The molecule has 3 unspecified atom stereocenters. The third-order valence-corrected chi connectivity index (χ3v) is 3.98. The van der Waals surface area contributed by atoms with Crippen molar-refractivity contribution in [2.24, 2.45) is 23.5 Å². The van der Waals surface area contributed by atoms with Gasteiger partial charge in [-0.05, 0) is 37.0 Å². The molecule has 4 heteroatoms. The fourth-order valence-corrected chi connectivity index (χ4v) is 3.21. The van der Waals surface area contributed by atoms with Gasteiger partial charge in [0.05, 0.1) is 0 Å². The lowest BCUT2D eigenvalue weighted by Gasteiger charge is -2.12. The number of fused-ring (bicyclic) bond motifs is 1. The zero-order valence-electron chi connectivity index (χ0n) is 8.76. The molecule has 2 aliphatic carbocycles. The Kier molecular flexibility index (Phi) is 2.97. The first-order chi connectivity index (χ1) is 6.99. The van der Waals surface area contributed by atoms with Gasteiger partial charge in [-0.2, -0.15) is 13.2 Å². The molecule has 3 atom stereocenters. The van der Waals surface area contributed by atoms with Gasteiger partial charge in [-0.25, -0.2) is 0 Å². The molecule has 0 aromatic heterocycles. The summed E-state index contributed by atoms with van der Waals surface area (Å²) >= 11 is 0. The second kappa shape index (κ2) is 3.96. The topological polar surface area (TPSA) is 26.0 Å². The molecule has 2 rings (SSSR count). The summed E-state index contributed by atoms with van der Waals surface area (Å²) < 4.78 is 36.0. The first-order valence-electron chi connectivity index (χ1n) is 5.81. The lowest BCUT2D eigenvalue weighted by molar-refractivity contribution is -0.136. The number of hydrogen-bond acceptors (Lipinski definition) is 1. The Balaban J connectivity index is 1.75. The van der Waals surface area contributed by atoms with Gasteiger partial charge in [0.1, 0.15) is 0 Å². The van der Waals surface area contributed by atoms with Crippen LogP contribution in [0.25, 0.3) is 0 Å². The van der Waals surface area contributed by atoms with Crippen molar-refractivity contribution in [1.29, 1.82) is 0 Å². The molecular weight excluding hydrogens is 203 g/mol. The van der Waals surface area contributed by atoms with E-state index in [1.54, 1.807) is 0 Å². The molecule has 2 fully saturated rings. The molecule has 0 aromatic carbocycles. The van der Waals surface area contributed by atoms with E-state index in [-0.39, 0.29) is 12.5 Å². The highest BCUT2D eigenvalue weighted by molar-refractivity contribution is 5.03.